The highest BCUT2D eigenvalue weighted by atomic mass is 19.1. The lowest BCUT2D eigenvalue weighted by Crippen LogP contribution is -2.40. The largest absolute Gasteiger partial charge is 0.325 e. The summed E-state index contributed by atoms with van der Waals surface area (Å²) in [4.78, 5) is 15.5. The molecule has 0 spiro atoms. The van der Waals surface area contributed by atoms with Crippen LogP contribution in [-0.2, 0) is 4.79 Å². The van der Waals surface area contributed by atoms with Gasteiger partial charge in [-0.2, -0.15) is 0 Å². The molecule has 92 valence electrons. The molecule has 1 aromatic rings. The predicted molar refractivity (Wildman–Crippen MR) is 62.8 cm³/mol. The number of nitrogens with two attached hydrogens (primary N) is 1. The Morgan fingerprint density at radius 2 is 2.18 bits per heavy atom. The van der Waals surface area contributed by atoms with E-state index in [-0.39, 0.29) is 11.4 Å². The number of halogens is 1. The fraction of sp³-hybridized carbons (Fsp3) is 0.500. The van der Waals surface area contributed by atoms with Gasteiger partial charge in [0, 0.05) is 12.0 Å². The van der Waals surface area contributed by atoms with Gasteiger partial charge in [-0.05, 0) is 25.0 Å². The molecule has 0 radical (unpaired) electrons. The summed E-state index contributed by atoms with van der Waals surface area (Å²) in [5.41, 5.74) is 5.73. The van der Waals surface area contributed by atoms with Crippen molar-refractivity contribution in [1.29, 1.82) is 0 Å². The van der Waals surface area contributed by atoms with Gasteiger partial charge in [0.2, 0.25) is 5.91 Å². The quantitative estimate of drug-likeness (QED) is 0.842. The Hall–Kier alpha value is -1.49. The Morgan fingerprint density at radius 1 is 1.47 bits per heavy atom. The fourth-order valence-corrected chi connectivity index (χ4v) is 2.21. The van der Waals surface area contributed by atoms with E-state index in [0.29, 0.717) is 12.2 Å². The topological polar surface area (TPSA) is 68.0 Å². The lowest BCUT2D eigenvalue weighted by molar-refractivity contribution is -0.117. The summed E-state index contributed by atoms with van der Waals surface area (Å²) in [5.74, 6) is -0.222. The number of hydrogen-bond donors (Lipinski definition) is 2. The highest BCUT2D eigenvalue weighted by Crippen LogP contribution is 2.30. The predicted octanol–water partition coefficient (Wildman–Crippen LogP) is 1.82. The van der Waals surface area contributed by atoms with E-state index >= 15 is 0 Å². The van der Waals surface area contributed by atoms with Crippen LogP contribution >= 0.6 is 0 Å². The molecule has 0 saturated heterocycles. The van der Waals surface area contributed by atoms with Crippen LogP contribution < -0.4 is 11.1 Å². The number of amides is 1. The SMILES string of the molecule is NC1(CC(=O)Nc2ccc(F)cn2)CCCC1. The zero-order chi connectivity index (χ0) is 12.3. The molecule has 1 amide bonds. The minimum Gasteiger partial charge on any atom is -0.325 e. The Morgan fingerprint density at radius 3 is 2.76 bits per heavy atom. The number of pyridine rings is 1. The maximum atomic E-state index is 12.6. The van der Waals surface area contributed by atoms with E-state index in [4.69, 9.17) is 5.73 Å². The number of nitrogens with zero attached hydrogens (tertiary/aromatic N) is 1. The second kappa shape index (κ2) is 4.79. The van der Waals surface area contributed by atoms with E-state index in [9.17, 15) is 9.18 Å². The third-order valence-corrected chi connectivity index (χ3v) is 3.11. The van der Waals surface area contributed by atoms with Gasteiger partial charge < -0.3 is 11.1 Å². The average molecular weight is 237 g/mol. The van der Waals surface area contributed by atoms with E-state index in [1.807, 2.05) is 0 Å². The molecule has 5 heteroatoms. The van der Waals surface area contributed by atoms with Crippen molar-refractivity contribution in [2.75, 3.05) is 5.32 Å². The van der Waals surface area contributed by atoms with Crippen LogP contribution in [0.25, 0.3) is 0 Å². The molecule has 17 heavy (non-hydrogen) atoms. The van der Waals surface area contributed by atoms with Crippen molar-refractivity contribution in [3.05, 3.63) is 24.1 Å². The summed E-state index contributed by atoms with van der Waals surface area (Å²) in [7, 11) is 0. The molecule has 2 rings (SSSR count). The lowest BCUT2D eigenvalue weighted by Gasteiger charge is -2.22. The highest BCUT2D eigenvalue weighted by Gasteiger charge is 2.31. The van der Waals surface area contributed by atoms with E-state index < -0.39 is 5.82 Å². The van der Waals surface area contributed by atoms with Gasteiger partial charge in [-0.15, -0.1) is 0 Å². The number of anilines is 1. The molecule has 1 heterocycles. The molecular formula is C12H16FN3O. The summed E-state index contributed by atoms with van der Waals surface area (Å²) in [6.45, 7) is 0. The van der Waals surface area contributed by atoms with Crippen LogP contribution in [0.2, 0.25) is 0 Å². The molecule has 3 N–H and O–H groups in total. The van der Waals surface area contributed by atoms with Crippen LogP contribution in [0.5, 0.6) is 0 Å². The van der Waals surface area contributed by atoms with E-state index in [1.54, 1.807) is 0 Å². The average Bonchev–Trinajstić information content (AvgIpc) is 2.68. The minimum atomic E-state index is -0.422. The van der Waals surface area contributed by atoms with Crippen molar-refractivity contribution in [1.82, 2.24) is 4.98 Å². The minimum absolute atomic E-state index is 0.159. The molecule has 1 aliphatic rings. The Balaban J connectivity index is 1.91. The molecule has 0 bridgehead atoms. The molecule has 1 saturated carbocycles. The van der Waals surface area contributed by atoms with Crippen molar-refractivity contribution >= 4 is 11.7 Å². The molecule has 1 aromatic heterocycles. The van der Waals surface area contributed by atoms with Crippen LogP contribution in [0.3, 0.4) is 0 Å². The van der Waals surface area contributed by atoms with Crippen LogP contribution in [-0.4, -0.2) is 16.4 Å². The lowest BCUT2D eigenvalue weighted by atomic mass is 9.94. The molecule has 0 atom stereocenters. The standard InChI is InChI=1S/C12H16FN3O/c13-9-3-4-10(15-8-9)16-11(17)7-12(14)5-1-2-6-12/h3-4,8H,1-2,5-7,14H2,(H,15,16,17). The summed E-state index contributed by atoms with van der Waals surface area (Å²) in [6, 6.07) is 2.70. The number of aromatic nitrogens is 1. The first-order valence-corrected chi connectivity index (χ1v) is 5.78. The van der Waals surface area contributed by atoms with Crippen molar-refractivity contribution in [2.24, 2.45) is 5.73 Å². The van der Waals surface area contributed by atoms with Gasteiger partial charge in [0.05, 0.1) is 6.20 Å². The zero-order valence-electron chi connectivity index (χ0n) is 9.58. The fourth-order valence-electron chi connectivity index (χ4n) is 2.21. The van der Waals surface area contributed by atoms with Crippen molar-refractivity contribution < 1.29 is 9.18 Å². The Bertz CT molecular complexity index is 399. The number of nitrogens with one attached hydrogen (secondary N) is 1. The number of rotatable bonds is 3. The number of hydrogen-bond acceptors (Lipinski definition) is 3. The smallest absolute Gasteiger partial charge is 0.227 e. The second-order valence-corrected chi connectivity index (χ2v) is 4.66. The van der Waals surface area contributed by atoms with Crippen molar-refractivity contribution in [2.45, 2.75) is 37.6 Å². The first kappa shape index (κ1) is 12.0. The normalized spacial score (nSPS) is 18.0. The van der Waals surface area contributed by atoms with Crippen LogP contribution in [0.4, 0.5) is 10.2 Å². The number of carbonyl (C=O) groups excluding carboxylic acids is 1. The summed E-state index contributed by atoms with van der Waals surface area (Å²) >= 11 is 0. The monoisotopic (exact) mass is 237 g/mol. The van der Waals surface area contributed by atoms with Gasteiger partial charge in [-0.1, -0.05) is 12.8 Å². The summed E-state index contributed by atoms with van der Waals surface area (Å²) in [5, 5.41) is 2.62. The first-order chi connectivity index (χ1) is 8.07. The van der Waals surface area contributed by atoms with E-state index in [0.717, 1.165) is 31.9 Å². The third-order valence-electron chi connectivity index (χ3n) is 3.11. The zero-order valence-corrected chi connectivity index (χ0v) is 9.58. The van der Waals surface area contributed by atoms with Gasteiger partial charge in [-0.3, -0.25) is 4.79 Å². The molecule has 0 aromatic carbocycles. The first-order valence-electron chi connectivity index (χ1n) is 5.78. The van der Waals surface area contributed by atoms with E-state index in [2.05, 4.69) is 10.3 Å². The van der Waals surface area contributed by atoms with Crippen LogP contribution in [0.1, 0.15) is 32.1 Å². The van der Waals surface area contributed by atoms with Gasteiger partial charge in [0.15, 0.2) is 0 Å². The Kier molecular flexibility index (Phi) is 3.38. The summed E-state index contributed by atoms with van der Waals surface area (Å²) < 4.78 is 12.6. The molecule has 0 unspecified atom stereocenters. The molecule has 4 nitrogen and oxygen atoms in total. The van der Waals surface area contributed by atoms with Crippen molar-refractivity contribution in [3.63, 3.8) is 0 Å². The molecular weight excluding hydrogens is 221 g/mol. The maximum absolute atomic E-state index is 12.6. The second-order valence-electron chi connectivity index (χ2n) is 4.66. The van der Waals surface area contributed by atoms with Crippen LogP contribution in [0.15, 0.2) is 18.3 Å². The third kappa shape index (κ3) is 3.23. The van der Waals surface area contributed by atoms with Gasteiger partial charge >= 0.3 is 0 Å². The van der Waals surface area contributed by atoms with Gasteiger partial charge in [-0.25, -0.2) is 9.37 Å². The highest BCUT2D eigenvalue weighted by molar-refractivity contribution is 5.90. The maximum Gasteiger partial charge on any atom is 0.227 e. The summed E-state index contributed by atoms with van der Waals surface area (Å²) in [6.07, 6.45) is 5.31. The van der Waals surface area contributed by atoms with Crippen molar-refractivity contribution in [3.8, 4) is 0 Å². The van der Waals surface area contributed by atoms with Gasteiger partial charge in [0.1, 0.15) is 11.6 Å². The molecule has 1 aliphatic carbocycles. The van der Waals surface area contributed by atoms with E-state index in [1.165, 1.54) is 12.1 Å². The number of carbonyl (C=O) groups is 1. The molecule has 1 fully saturated rings. The van der Waals surface area contributed by atoms with Crippen LogP contribution in [0, 0.1) is 5.82 Å². The van der Waals surface area contributed by atoms with Gasteiger partial charge in [0.25, 0.3) is 0 Å². The molecule has 0 aliphatic heterocycles. The Labute approximate surface area is 99.4 Å².